The Bertz CT molecular complexity index is 307. The first kappa shape index (κ1) is 15.4. The van der Waals surface area contributed by atoms with E-state index in [1.54, 1.807) is 7.05 Å². The van der Waals surface area contributed by atoms with Crippen molar-refractivity contribution in [3.05, 3.63) is 0 Å². The van der Waals surface area contributed by atoms with E-state index >= 15 is 0 Å². The van der Waals surface area contributed by atoms with Crippen molar-refractivity contribution in [3.63, 3.8) is 0 Å². The lowest BCUT2D eigenvalue weighted by Crippen LogP contribution is -2.19. The summed E-state index contributed by atoms with van der Waals surface area (Å²) in [6.45, 7) is 0.884. The number of Topliss-reactive ketones (excluding diaryl/α,β-unsaturated/α-hetero) is 1. The van der Waals surface area contributed by atoms with E-state index in [1.807, 2.05) is 0 Å². The van der Waals surface area contributed by atoms with Crippen LogP contribution in [0, 0.1) is 5.15 Å². The maximum Gasteiger partial charge on any atom is 0.222 e. The molecule has 0 aliphatic heterocycles. The molecule has 0 aromatic carbocycles. The standard InChI is InChI=1S/C10H19N2O3P.H2NP/c1-11-10(14)5-7-15-6-3-4-9(13)8-16-12-2;1-2/h3-8H2,1-2H3,(H,11,14);1-2H/i2D;/hD. The van der Waals surface area contributed by atoms with Crippen molar-refractivity contribution < 1.29 is 17.1 Å². The normalized spacial score (nSPS) is 10.9. The number of nitrogens with one attached hydrogen (secondary N) is 2. The lowest BCUT2D eigenvalue weighted by molar-refractivity contribution is -0.122. The van der Waals surface area contributed by atoms with Crippen LogP contribution in [-0.4, -0.2) is 45.1 Å². The molecule has 0 atom stereocenters. The van der Waals surface area contributed by atoms with Crippen LogP contribution in [0.25, 0.3) is 0 Å². The SMILES string of the molecule is [2H]CN=PCC(=O)CCCOCCC(=O)NC.[2H]N=P. The predicted molar refractivity (Wildman–Crippen MR) is 74.9 cm³/mol. The van der Waals surface area contributed by atoms with Crippen LogP contribution in [-0.2, 0) is 14.3 Å². The second-order valence-corrected chi connectivity index (χ2v) is 4.00. The van der Waals surface area contributed by atoms with E-state index < -0.39 is 0 Å². The minimum Gasteiger partial charge on any atom is -0.381 e. The monoisotopic (exact) mass is 295 g/mol. The molecule has 0 aromatic rings. The van der Waals surface area contributed by atoms with Gasteiger partial charge in [0.1, 0.15) is 5.78 Å². The molecule has 0 aliphatic rings. The fraction of sp³-hybridized carbons (Fsp3) is 0.800. The molecule has 0 unspecified atom stereocenters. The second-order valence-electron chi connectivity index (χ2n) is 3.12. The van der Waals surface area contributed by atoms with Crippen LogP contribution in [0.1, 0.15) is 20.6 Å². The zero-order valence-electron chi connectivity index (χ0n) is 12.5. The first-order valence-corrected chi connectivity index (χ1v) is 6.83. The maximum absolute atomic E-state index is 11.3. The van der Waals surface area contributed by atoms with E-state index in [2.05, 4.69) is 24.2 Å². The molecule has 1 amide bonds. The molecule has 0 aliphatic carbocycles. The summed E-state index contributed by atoms with van der Waals surface area (Å²) in [7, 11) is 4.75. The van der Waals surface area contributed by atoms with Crippen molar-refractivity contribution in [2.24, 2.45) is 4.74 Å². The Morgan fingerprint density at radius 1 is 1.56 bits per heavy atom. The van der Waals surface area contributed by atoms with Crippen molar-refractivity contribution in [2.45, 2.75) is 19.3 Å². The number of rotatable bonds is 9. The topological polar surface area (TPSA) is 91.6 Å². The third-order valence-electron chi connectivity index (χ3n) is 1.84. The number of carbonyl (C=O) groups excluding carboxylic acids is 2. The molecule has 6 nitrogen and oxygen atoms in total. The van der Waals surface area contributed by atoms with Crippen molar-refractivity contribution in [2.75, 3.05) is 33.4 Å². The summed E-state index contributed by atoms with van der Waals surface area (Å²) in [5.74, 6) is 0.0932. The smallest absolute Gasteiger partial charge is 0.222 e. The minimum absolute atomic E-state index is 0.0113. The number of ketones is 1. The molecule has 0 saturated heterocycles. The number of amides is 1. The van der Waals surface area contributed by atoms with E-state index in [-0.39, 0.29) is 18.7 Å². The highest BCUT2D eigenvalue weighted by molar-refractivity contribution is 7.28. The average molecular weight is 295 g/mol. The molecule has 0 heterocycles. The minimum atomic E-state index is -0.0446. The molecule has 2 N–H and O–H groups in total. The molecule has 0 spiro atoms. The van der Waals surface area contributed by atoms with Gasteiger partial charge in [-0.2, -0.15) is 0 Å². The van der Waals surface area contributed by atoms with Crippen molar-refractivity contribution >= 4 is 29.1 Å². The van der Waals surface area contributed by atoms with Gasteiger partial charge in [-0.25, -0.2) is 0 Å². The molecule has 8 heteroatoms. The summed E-state index contributed by atoms with van der Waals surface area (Å²) in [6, 6.07) is 0. The summed E-state index contributed by atoms with van der Waals surface area (Å²) in [5.41, 5.74) is 0. The van der Waals surface area contributed by atoms with Gasteiger partial charge in [0.15, 0.2) is 1.41 Å². The zero-order valence-corrected chi connectivity index (χ0v) is 12.4. The fourth-order valence-corrected chi connectivity index (χ4v) is 1.39. The van der Waals surface area contributed by atoms with E-state index in [9.17, 15) is 9.59 Å². The lowest BCUT2D eigenvalue weighted by atomic mass is 10.2. The van der Waals surface area contributed by atoms with Gasteiger partial charge in [-0.1, -0.05) is 0 Å². The van der Waals surface area contributed by atoms with Gasteiger partial charge < -0.3 is 10.1 Å². The molecular weight excluding hydrogens is 272 g/mol. The molecule has 0 saturated carbocycles. The highest BCUT2D eigenvalue weighted by atomic mass is 31.1. The van der Waals surface area contributed by atoms with Crippen LogP contribution < -0.4 is 5.32 Å². The van der Waals surface area contributed by atoms with Crippen LogP contribution in [0.4, 0.5) is 0 Å². The molecule has 0 fully saturated rings. The lowest BCUT2D eigenvalue weighted by Gasteiger charge is -2.02. The molecule has 0 radical (unpaired) electrons. The first-order chi connectivity index (χ1) is 9.62. The van der Waals surface area contributed by atoms with Crippen molar-refractivity contribution in [1.82, 2.24) is 5.32 Å². The number of hydrogen-bond acceptors (Lipinski definition) is 5. The van der Waals surface area contributed by atoms with E-state index in [0.717, 1.165) is 0 Å². The predicted octanol–water partition coefficient (Wildman–Crippen LogP) is 2.14. The molecule has 0 rings (SSSR count). The highest BCUT2D eigenvalue weighted by Gasteiger charge is 2.01. The first-order valence-electron chi connectivity index (χ1n) is 6.51. The number of ether oxygens (including phenoxy) is 1. The molecule has 0 aromatic heterocycles. The summed E-state index contributed by atoms with van der Waals surface area (Å²) in [5, 5.41) is 5.06. The number of hydrogen-bond donors (Lipinski definition) is 2. The van der Waals surface area contributed by atoms with E-state index in [0.29, 0.717) is 47.0 Å². The number of nitrogens with zero attached hydrogens (tertiary/aromatic N) is 1. The van der Waals surface area contributed by atoms with Crippen LogP contribution in [0.3, 0.4) is 0 Å². The summed E-state index contributed by atoms with van der Waals surface area (Å²) < 4.78 is 21.5. The van der Waals surface area contributed by atoms with Gasteiger partial charge in [0.2, 0.25) is 5.91 Å². The van der Waals surface area contributed by atoms with Crippen LogP contribution >= 0.6 is 17.4 Å². The molecular formula is C10H21N3O3P2. The van der Waals surface area contributed by atoms with Crippen molar-refractivity contribution in [1.29, 1.82) is 5.15 Å². The molecule has 18 heavy (non-hydrogen) atoms. The van der Waals surface area contributed by atoms with Gasteiger partial charge >= 0.3 is 0 Å². The van der Waals surface area contributed by atoms with E-state index in [4.69, 9.17) is 7.52 Å². The second kappa shape index (κ2) is 16.3. The van der Waals surface area contributed by atoms with E-state index in [1.165, 1.54) is 0 Å². The summed E-state index contributed by atoms with van der Waals surface area (Å²) >= 11 is 0. The molecule has 104 valence electrons. The summed E-state index contributed by atoms with van der Waals surface area (Å²) in [4.78, 5) is 22.1. The Morgan fingerprint density at radius 2 is 2.28 bits per heavy atom. The Kier molecular flexibility index (Phi) is 13.9. The Balaban J connectivity index is 0. The van der Waals surface area contributed by atoms with Gasteiger partial charge in [0, 0.05) is 43.3 Å². The quantitative estimate of drug-likeness (QED) is 0.504. The summed E-state index contributed by atoms with van der Waals surface area (Å²) in [6.07, 6.45) is 1.88. The third-order valence-corrected chi connectivity index (χ3v) is 2.54. The average Bonchev–Trinajstić information content (AvgIpc) is 2.43. The highest BCUT2D eigenvalue weighted by Crippen LogP contribution is 2.01. The van der Waals surface area contributed by atoms with Crippen LogP contribution in [0.5, 0.6) is 0 Å². The maximum atomic E-state index is 11.3. The van der Waals surface area contributed by atoms with Gasteiger partial charge in [0.05, 0.1) is 12.8 Å². The largest absolute Gasteiger partial charge is 0.381 e. The van der Waals surface area contributed by atoms with Gasteiger partial charge in [0.25, 0.3) is 0 Å². The van der Waals surface area contributed by atoms with Crippen molar-refractivity contribution in [3.8, 4) is 0 Å². The van der Waals surface area contributed by atoms with Gasteiger partial charge in [-0.15, -0.1) is 0 Å². The van der Waals surface area contributed by atoms with Gasteiger partial charge in [-0.05, 0) is 15.5 Å². The number of carbonyl (C=O) groups is 2. The zero-order chi connectivity index (χ0) is 15.6. The van der Waals surface area contributed by atoms with Crippen LogP contribution in [0.2, 0.25) is 1.41 Å². The third kappa shape index (κ3) is 15.3. The Morgan fingerprint density at radius 3 is 2.89 bits per heavy atom. The van der Waals surface area contributed by atoms with Crippen LogP contribution in [0.15, 0.2) is 4.74 Å². The Hall–Kier alpha value is -0.700. The van der Waals surface area contributed by atoms with Gasteiger partial charge in [-0.3, -0.25) is 19.5 Å². The molecule has 0 bridgehead atoms. The Labute approximate surface area is 115 Å². The fourth-order valence-electron chi connectivity index (χ4n) is 0.971.